The maximum Gasteiger partial charge on any atom is 0.247 e. The average molecular weight is 939 g/mol. The van der Waals surface area contributed by atoms with E-state index < -0.39 is 42.0 Å². The second kappa shape index (κ2) is 27.8. The van der Waals surface area contributed by atoms with Crippen molar-refractivity contribution in [1.29, 1.82) is 0 Å². The van der Waals surface area contributed by atoms with Gasteiger partial charge in [-0.25, -0.2) is 0 Å². The molecule has 2 aliphatic heterocycles. The SMILES string of the molecule is C=C.CC(NC(=O)C1Cc2ccccc2CN1C)c1ccccc1.CN[C@@H](C)C(=O)NC(C=O)CC#CCC(NC(=O)[C@H](C)NC)C(=O)N1Cc2ccccc2CC1C(=O)NC(C)c1ccccc1. The second-order valence-electron chi connectivity index (χ2n) is 17.2. The number of carbonyl (C=O) groups is 6. The van der Waals surface area contributed by atoms with E-state index in [2.05, 4.69) is 80.0 Å². The van der Waals surface area contributed by atoms with Crippen LogP contribution in [0.2, 0.25) is 0 Å². The molecule has 4 aromatic carbocycles. The second-order valence-corrected chi connectivity index (χ2v) is 17.2. The normalized spacial score (nSPS) is 17.4. The highest BCUT2D eigenvalue weighted by atomic mass is 16.2. The minimum atomic E-state index is -1.05. The van der Waals surface area contributed by atoms with E-state index in [0.717, 1.165) is 35.2 Å². The quantitative estimate of drug-likeness (QED) is 0.0528. The van der Waals surface area contributed by atoms with Gasteiger partial charge < -0.3 is 41.6 Å². The number of aldehydes is 1. The fourth-order valence-corrected chi connectivity index (χ4v) is 7.96. The van der Waals surface area contributed by atoms with Crippen molar-refractivity contribution >= 4 is 35.8 Å². The van der Waals surface area contributed by atoms with E-state index in [4.69, 9.17) is 0 Å². The first-order valence-electron chi connectivity index (χ1n) is 23.5. The maximum atomic E-state index is 14.2. The highest BCUT2D eigenvalue weighted by Crippen LogP contribution is 2.26. The lowest BCUT2D eigenvalue weighted by atomic mass is 9.92. The summed E-state index contributed by atoms with van der Waals surface area (Å²) in [6.07, 6.45) is 1.69. The summed E-state index contributed by atoms with van der Waals surface area (Å²) in [7, 11) is 5.30. The van der Waals surface area contributed by atoms with Gasteiger partial charge in [0, 0.05) is 32.4 Å². The molecule has 0 radical (unpaired) electrons. The zero-order valence-electron chi connectivity index (χ0n) is 41.1. The van der Waals surface area contributed by atoms with Gasteiger partial charge in [0.05, 0.1) is 36.3 Å². The van der Waals surface area contributed by atoms with Gasteiger partial charge in [0.1, 0.15) is 18.4 Å². The summed E-state index contributed by atoms with van der Waals surface area (Å²) in [4.78, 5) is 80.8. The zero-order valence-corrected chi connectivity index (χ0v) is 41.1. The van der Waals surface area contributed by atoms with E-state index in [1.165, 1.54) is 16.0 Å². The van der Waals surface area contributed by atoms with Gasteiger partial charge in [-0.2, -0.15) is 0 Å². The van der Waals surface area contributed by atoms with E-state index in [0.29, 0.717) is 12.7 Å². The van der Waals surface area contributed by atoms with Crippen molar-refractivity contribution in [3.8, 4) is 11.8 Å². The van der Waals surface area contributed by atoms with Crippen molar-refractivity contribution in [2.45, 2.75) is 115 Å². The standard InChI is InChI=1S/C34H44N6O5.C19H22N2O.C2H4/c1-22(25-13-7-6-8-14-25)37-33(44)30-19-26-15-9-10-16-27(26)20-40(30)34(45)29(39-32(43)24(3)36-5)18-12-11-17-28(21-41)38-31(42)23(2)35-4;1-14(15-8-4-3-5-9-15)20-19(22)18-12-16-10-6-7-11-17(16)13-21(18)2;1-2/h6-10,13-16,21-24,28-30,35-36H,17-20H2,1-5H3,(H,37,44)(H,38,42)(H,39,43);3-11,14,18H,12-13H2,1-2H3,(H,20,22);1-2H2/t22?,23-,24-,28?,29?,30?;;/m0../s1. The fraction of sp³-hybridized carbons (Fsp3) is 0.382. The minimum Gasteiger partial charge on any atom is -0.348 e. The monoisotopic (exact) mass is 939 g/mol. The molecule has 0 aromatic heterocycles. The fourth-order valence-electron chi connectivity index (χ4n) is 7.96. The average Bonchev–Trinajstić information content (AvgIpc) is 3.38. The van der Waals surface area contributed by atoms with Gasteiger partial charge in [0.2, 0.25) is 29.5 Å². The van der Waals surface area contributed by atoms with Crippen molar-refractivity contribution in [2.75, 3.05) is 21.1 Å². The molecule has 14 nitrogen and oxygen atoms in total. The van der Waals surface area contributed by atoms with Gasteiger partial charge in [0.25, 0.3) is 0 Å². The molecule has 0 aliphatic carbocycles. The Kier molecular flexibility index (Phi) is 22.0. The molecule has 6 unspecified atom stereocenters. The van der Waals surface area contributed by atoms with Crippen LogP contribution in [0.4, 0.5) is 0 Å². The van der Waals surface area contributed by atoms with Crippen LogP contribution in [0.5, 0.6) is 0 Å². The van der Waals surface area contributed by atoms with Gasteiger partial charge >= 0.3 is 0 Å². The highest BCUT2D eigenvalue weighted by molar-refractivity contribution is 5.94. The van der Waals surface area contributed by atoms with Gasteiger partial charge in [-0.3, -0.25) is 28.9 Å². The summed E-state index contributed by atoms with van der Waals surface area (Å²) in [6, 6.07) is 31.6. The van der Waals surface area contributed by atoms with Crippen molar-refractivity contribution in [3.05, 3.63) is 156 Å². The number of nitrogens with zero attached hydrogens (tertiary/aromatic N) is 2. The number of carbonyl (C=O) groups excluding carboxylic acids is 6. The van der Waals surface area contributed by atoms with E-state index in [1.54, 1.807) is 27.9 Å². The van der Waals surface area contributed by atoms with Crippen molar-refractivity contribution < 1.29 is 28.8 Å². The molecule has 0 bridgehead atoms. The molecule has 6 N–H and O–H groups in total. The van der Waals surface area contributed by atoms with Gasteiger partial charge in [-0.1, -0.05) is 109 Å². The van der Waals surface area contributed by atoms with Crippen LogP contribution in [0.3, 0.4) is 0 Å². The van der Waals surface area contributed by atoms with Crippen LogP contribution in [0.15, 0.2) is 122 Å². The lowest BCUT2D eigenvalue weighted by Crippen LogP contribution is -2.58. The summed E-state index contributed by atoms with van der Waals surface area (Å²) in [5.74, 6) is 4.41. The number of fused-ring (bicyclic) bond motifs is 2. The topological polar surface area (TPSA) is 181 Å². The Labute approximate surface area is 408 Å². The predicted molar refractivity (Wildman–Crippen MR) is 271 cm³/mol. The Balaban J connectivity index is 0.000000358. The number of nitrogens with one attached hydrogen (secondary N) is 6. The summed E-state index contributed by atoms with van der Waals surface area (Å²) in [5.41, 5.74) is 6.58. The number of hydrogen-bond donors (Lipinski definition) is 6. The molecule has 0 fully saturated rings. The molecular formula is C55H70N8O6. The molecule has 6 rings (SSSR count). The van der Waals surface area contributed by atoms with Gasteiger partial charge in [-0.15, -0.1) is 25.0 Å². The maximum absolute atomic E-state index is 14.2. The van der Waals surface area contributed by atoms with Gasteiger partial charge in [-0.05, 0) is 88.6 Å². The molecule has 2 heterocycles. The number of hydrogen-bond acceptors (Lipinski definition) is 9. The summed E-state index contributed by atoms with van der Waals surface area (Å²) >= 11 is 0. The highest BCUT2D eigenvalue weighted by Gasteiger charge is 2.38. The zero-order chi connectivity index (χ0) is 50.5. The number of benzene rings is 4. The molecule has 0 spiro atoms. The van der Waals surface area contributed by atoms with Crippen LogP contribution in [-0.2, 0) is 54.7 Å². The van der Waals surface area contributed by atoms with Crippen LogP contribution < -0.4 is 31.9 Å². The molecule has 0 saturated heterocycles. The summed E-state index contributed by atoms with van der Waals surface area (Å²) < 4.78 is 0. The van der Waals surface area contributed by atoms with Crippen LogP contribution >= 0.6 is 0 Å². The van der Waals surface area contributed by atoms with Crippen molar-refractivity contribution in [3.63, 3.8) is 0 Å². The Bertz CT molecular complexity index is 2390. The minimum absolute atomic E-state index is 0.0271. The van der Waals surface area contributed by atoms with E-state index in [-0.39, 0.29) is 55.2 Å². The van der Waals surface area contributed by atoms with Crippen LogP contribution in [0, 0.1) is 11.8 Å². The van der Waals surface area contributed by atoms with Gasteiger partial charge in [0.15, 0.2) is 0 Å². The largest absolute Gasteiger partial charge is 0.348 e. The lowest BCUT2D eigenvalue weighted by Gasteiger charge is -2.38. The molecule has 69 heavy (non-hydrogen) atoms. The first kappa shape index (κ1) is 54.7. The lowest BCUT2D eigenvalue weighted by molar-refractivity contribution is -0.144. The molecule has 8 atom stereocenters. The van der Waals surface area contributed by atoms with E-state index in [9.17, 15) is 28.8 Å². The Morgan fingerprint density at radius 2 is 1.01 bits per heavy atom. The molecule has 5 amide bonds. The Hall–Kier alpha value is -6.92. The Morgan fingerprint density at radius 1 is 0.594 bits per heavy atom. The first-order chi connectivity index (χ1) is 33.2. The van der Waals surface area contributed by atoms with Crippen LogP contribution in [0.25, 0.3) is 0 Å². The number of rotatable bonds is 16. The van der Waals surface area contributed by atoms with Crippen LogP contribution in [0.1, 0.15) is 86.0 Å². The van der Waals surface area contributed by atoms with Crippen LogP contribution in [-0.4, -0.2) is 103 Å². The third-order valence-electron chi connectivity index (χ3n) is 12.4. The molecule has 0 saturated carbocycles. The molecule has 4 aromatic rings. The molecule has 14 heteroatoms. The summed E-state index contributed by atoms with van der Waals surface area (Å²) in [6.45, 7) is 14.3. The number of amides is 5. The predicted octanol–water partition coefficient (Wildman–Crippen LogP) is 4.71. The van der Waals surface area contributed by atoms with E-state index >= 15 is 0 Å². The third-order valence-corrected chi connectivity index (χ3v) is 12.4. The molecular weight excluding hydrogens is 869 g/mol. The summed E-state index contributed by atoms with van der Waals surface area (Å²) in [5, 5.41) is 17.3. The molecule has 366 valence electrons. The van der Waals surface area contributed by atoms with Crippen molar-refractivity contribution in [2.24, 2.45) is 0 Å². The number of likely N-dealkylation sites (N-methyl/N-ethyl adjacent to an activating group) is 3. The third kappa shape index (κ3) is 15.8. The Morgan fingerprint density at radius 3 is 1.51 bits per heavy atom. The van der Waals surface area contributed by atoms with Crippen molar-refractivity contribution in [1.82, 2.24) is 41.7 Å². The molecule has 2 aliphatic rings. The first-order valence-corrected chi connectivity index (χ1v) is 23.5. The smallest absolute Gasteiger partial charge is 0.247 e. The van der Waals surface area contributed by atoms with E-state index in [1.807, 2.05) is 112 Å².